The molecule has 3 heterocycles. The maximum absolute atomic E-state index is 10.6. The summed E-state index contributed by atoms with van der Waals surface area (Å²) < 4.78 is 0. The number of aliphatic hydroxyl groups excluding tert-OH is 1. The molecule has 6 atom stereocenters. The predicted octanol–water partition coefficient (Wildman–Crippen LogP) is -1.90. The van der Waals surface area contributed by atoms with E-state index >= 15 is 0 Å². The van der Waals surface area contributed by atoms with Crippen molar-refractivity contribution < 1.29 is 74.4 Å². The number of carbonyl (C=O) groups excluding carboxylic acids is 1. The molecule has 360 valence electrons. The van der Waals surface area contributed by atoms with Crippen molar-refractivity contribution in [1.82, 2.24) is 20.3 Å². The molecule has 5 rings (SSSR count). The standard InChI is InChI=1S/C11H12N2O2.C9H11NO3.C6H9N3O2.C6H14N2O2.C5H7NO3.C3H7NO3/c12-9(11(14)15)5-7-6-13-10-4-2-1-3-8(7)10;10-8(9(12)13)5-6-1-3-7(11)4-2-6;7-5(6(10)11)1-4-2-8-3-9-4;7-4-2-1-3-5(8)6(9)10;7-4-2-1-3(6-4)5(8)9;4-2(1-5)3(6)7/h1-4,6,9,13H,5,12H2,(H,14,15);1-4,8,11H,5,10H2,(H,12,13);2-3,5H,1,7H2,(H,8,9)(H,10,11);5H,1-4,7-8H2,(H,9,10);3H,1-2H2,(H,6,7)(H,8,9);2,5H,1,4H2,(H,6,7)/t;;;;3-;/m....0./s1. The number of carbonyl (C=O) groups is 7. The van der Waals surface area contributed by atoms with E-state index in [1.807, 2.05) is 30.5 Å². The second kappa shape index (κ2) is 31.8. The lowest BCUT2D eigenvalue weighted by Gasteiger charge is -2.05. The molecular formula is C40H60N10O15. The fraction of sp³-hybridized carbons (Fsp3) is 0.400. The zero-order chi connectivity index (χ0) is 49.6. The molecule has 4 aromatic rings. The van der Waals surface area contributed by atoms with Gasteiger partial charge in [-0.2, -0.15) is 0 Å². The van der Waals surface area contributed by atoms with Gasteiger partial charge >= 0.3 is 35.8 Å². The summed E-state index contributed by atoms with van der Waals surface area (Å²) in [5.74, 6) is -6.06. The molecule has 0 spiro atoms. The zero-order valence-corrected chi connectivity index (χ0v) is 35.2. The maximum atomic E-state index is 10.6. The van der Waals surface area contributed by atoms with E-state index in [4.69, 9.17) is 75.3 Å². The number of aliphatic hydroxyl groups is 1. The summed E-state index contributed by atoms with van der Waals surface area (Å²) in [4.78, 5) is 81.2. The van der Waals surface area contributed by atoms with Gasteiger partial charge in [-0.05, 0) is 61.6 Å². The van der Waals surface area contributed by atoms with E-state index in [-0.39, 0.29) is 24.5 Å². The Labute approximate surface area is 371 Å². The Morgan fingerprint density at radius 3 is 1.66 bits per heavy atom. The summed E-state index contributed by atoms with van der Waals surface area (Å²) in [5.41, 5.74) is 34.7. The van der Waals surface area contributed by atoms with Crippen LogP contribution in [0.15, 0.2) is 67.3 Å². The fourth-order valence-corrected chi connectivity index (χ4v) is 4.82. The second-order valence-corrected chi connectivity index (χ2v) is 13.9. The van der Waals surface area contributed by atoms with Gasteiger partial charge in [0.05, 0.1) is 18.6 Å². The molecule has 1 aliphatic heterocycles. The molecule has 2 aromatic carbocycles. The van der Waals surface area contributed by atoms with E-state index < -0.39 is 78.7 Å². The number of imidazole rings is 1. The molecule has 0 aliphatic carbocycles. The van der Waals surface area contributed by atoms with Crippen molar-refractivity contribution in [3.8, 4) is 5.75 Å². The molecule has 1 saturated heterocycles. The number of aromatic hydroxyl groups is 1. The highest BCUT2D eigenvalue weighted by molar-refractivity contribution is 5.87. The topological polar surface area (TPSA) is 494 Å². The van der Waals surface area contributed by atoms with Crippen LogP contribution in [0.3, 0.4) is 0 Å². The predicted molar refractivity (Wildman–Crippen MR) is 233 cm³/mol. The van der Waals surface area contributed by atoms with Crippen LogP contribution < -0.4 is 39.7 Å². The van der Waals surface area contributed by atoms with E-state index in [0.29, 0.717) is 37.9 Å². The number of benzene rings is 2. The number of hydrogen-bond donors (Lipinski definition) is 17. The number of nitrogens with zero attached hydrogens (tertiary/aromatic N) is 1. The summed E-state index contributed by atoms with van der Waals surface area (Å²) in [7, 11) is 0. The molecule has 5 unspecified atom stereocenters. The molecule has 0 saturated carbocycles. The van der Waals surface area contributed by atoms with Crippen LogP contribution in [0.25, 0.3) is 10.9 Å². The SMILES string of the molecule is NC(CO)C(=O)O.NC(Cc1c[nH]c2ccccc12)C(=O)O.NC(Cc1c[nH]cn1)C(=O)O.NC(Cc1ccc(O)cc1)C(=O)O.NCCCCC(N)C(=O)O.O=C1CC[C@@H](C(=O)O)N1. The minimum absolute atomic E-state index is 0.160. The number of unbranched alkanes of at least 4 members (excludes halogenated alkanes) is 1. The highest BCUT2D eigenvalue weighted by Crippen LogP contribution is 2.18. The number of aliphatic carboxylic acids is 6. The molecule has 2 aromatic heterocycles. The van der Waals surface area contributed by atoms with Gasteiger partial charge in [0.1, 0.15) is 42.0 Å². The molecule has 25 heteroatoms. The van der Waals surface area contributed by atoms with Crippen molar-refractivity contribution in [3.05, 3.63) is 84.1 Å². The number of nitrogens with two attached hydrogens (primary N) is 6. The molecule has 1 aliphatic rings. The Hall–Kier alpha value is -7.00. The van der Waals surface area contributed by atoms with Gasteiger partial charge in [0, 0.05) is 42.6 Å². The first kappa shape index (κ1) is 58.0. The highest BCUT2D eigenvalue weighted by atomic mass is 16.4. The van der Waals surface area contributed by atoms with E-state index in [2.05, 4.69) is 20.3 Å². The lowest BCUT2D eigenvalue weighted by molar-refractivity contribution is -0.140. The fourth-order valence-electron chi connectivity index (χ4n) is 4.82. The minimum atomic E-state index is -1.18. The number of aromatic nitrogens is 3. The average molecular weight is 921 g/mol. The summed E-state index contributed by atoms with van der Waals surface area (Å²) in [6.45, 7) is 0.0989. The molecule has 23 N–H and O–H groups in total. The van der Waals surface area contributed by atoms with Gasteiger partial charge in [-0.1, -0.05) is 36.8 Å². The Morgan fingerprint density at radius 2 is 1.23 bits per heavy atom. The van der Waals surface area contributed by atoms with Crippen molar-refractivity contribution >= 4 is 52.6 Å². The third-order valence-electron chi connectivity index (χ3n) is 8.54. The average Bonchev–Trinajstić information content (AvgIpc) is 4.04. The number of phenolic OH excluding ortho intramolecular Hbond substituents is 1. The number of hydrogen-bond acceptors (Lipinski definition) is 16. The quantitative estimate of drug-likeness (QED) is 0.0514. The second-order valence-electron chi connectivity index (χ2n) is 13.9. The number of rotatable bonds is 17. The summed E-state index contributed by atoms with van der Waals surface area (Å²) in [5, 5.41) is 70.5. The summed E-state index contributed by atoms with van der Waals surface area (Å²) in [6, 6.07) is 8.99. The molecule has 0 bridgehead atoms. The number of phenols is 1. The zero-order valence-electron chi connectivity index (χ0n) is 35.2. The van der Waals surface area contributed by atoms with Gasteiger partial charge in [0.15, 0.2) is 0 Å². The van der Waals surface area contributed by atoms with Crippen LogP contribution in [0.4, 0.5) is 0 Å². The van der Waals surface area contributed by atoms with Gasteiger partial charge in [-0.15, -0.1) is 0 Å². The first-order chi connectivity index (χ1) is 30.5. The van der Waals surface area contributed by atoms with Crippen LogP contribution in [0.5, 0.6) is 5.75 Å². The van der Waals surface area contributed by atoms with E-state index in [9.17, 15) is 33.6 Å². The smallest absolute Gasteiger partial charge is 0.326 e. The van der Waals surface area contributed by atoms with Gasteiger partial charge < -0.3 is 90.5 Å². The van der Waals surface area contributed by atoms with E-state index in [1.165, 1.54) is 18.5 Å². The first-order valence-corrected chi connectivity index (χ1v) is 19.6. The molecule has 1 fully saturated rings. The van der Waals surface area contributed by atoms with Gasteiger partial charge in [0.2, 0.25) is 5.91 Å². The van der Waals surface area contributed by atoms with Crippen molar-refractivity contribution in [1.29, 1.82) is 0 Å². The third-order valence-corrected chi connectivity index (χ3v) is 8.54. The largest absolute Gasteiger partial charge is 0.508 e. The van der Waals surface area contributed by atoms with Crippen molar-refractivity contribution in [2.75, 3.05) is 13.2 Å². The van der Waals surface area contributed by atoms with Gasteiger partial charge in [-0.25, -0.2) is 9.78 Å². The molecule has 1 amide bonds. The van der Waals surface area contributed by atoms with Crippen molar-refractivity contribution in [3.63, 3.8) is 0 Å². The Morgan fingerprint density at radius 1 is 0.692 bits per heavy atom. The van der Waals surface area contributed by atoms with Crippen LogP contribution in [0, 0.1) is 0 Å². The first-order valence-electron chi connectivity index (χ1n) is 19.6. The number of amides is 1. The number of carboxylic acid groups (broad SMARTS) is 6. The molecular weight excluding hydrogens is 860 g/mol. The normalized spacial score (nSPS) is 14.6. The van der Waals surface area contributed by atoms with Crippen molar-refractivity contribution in [2.24, 2.45) is 34.4 Å². The lowest BCUT2D eigenvalue weighted by atomic mass is 10.1. The van der Waals surface area contributed by atoms with Gasteiger partial charge in [0.25, 0.3) is 0 Å². The Balaban J connectivity index is 0.000000769. The maximum Gasteiger partial charge on any atom is 0.326 e. The van der Waals surface area contributed by atoms with E-state index in [1.54, 1.807) is 18.3 Å². The lowest BCUT2D eigenvalue weighted by Crippen LogP contribution is -2.33. The van der Waals surface area contributed by atoms with Crippen LogP contribution in [-0.4, -0.2) is 147 Å². The van der Waals surface area contributed by atoms with Crippen LogP contribution in [0.2, 0.25) is 0 Å². The number of H-pyrrole nitrogens is 2. The number of nitrogens with one attached hydrogen (secondary N) is 3. The monoisotopic (exact) mass is 920 g/mol. The highest BCUT2D eigenvalue weighted by Gasteiger charge is 2.26. The number of carboxylic acids is 6. The summed E-state index contributed by atoms with van der Waals surface area (Å²) >= 11 is 0. The molecule has 25 nitrogen and oxygen atoms in total. The number of para-hydroxylation sites is 1. The van der Waals surface area contributed by atoms with E-state index in [0.717, 1.165) is 34.9 Å². The summed E-state index contributed by atoms with van der Waals surface area (Å²) in [6.07, 6.45) is 8.75. The Bertz CT molecular complexity index is 2050. The van der Waals surface area contributed by atoms with Crippen LogP contribution >= 0.6 is 0 Å². The van der Waals surface area contributed by atoms with Crippen LogP contribution in [0.1, 0.15) is 48.9 Å². The third kappa shape index (κ3) is 25.6. The van der Waals surface area contributed by atoms with Crippen molar-refractivity contribution in [2.45, 2.75) is 87.6 Å². The number of aromatic amines is 2. The van der Waals surface area contributed by atoms with Crippen LogP contribution in [-0.2, 0) is 52.8 Å². The van der Waals surface area contributed by atoms with Gasteiger partial charge in [-0.3, -0.25) is 28.8 Å². The molecule has 0 radical (unpaired) electrons. The number of fused-ring (bicyclic) bond motifs is 1. The molecule has 65 heavy (non-hydrogen) atoms. The minimum Gasteiger partial charge on any atom is -0.508 e. The Kier molecular flexibility index (Phi) is 28.4.